The average molecular weight is 248 g/mol. The van der Waals surface area contributed by atoms with E-state index in [9.17, 15) is 13.6 Å². The lowest BCUT2D eigenvalue weighted by Gasteiger charge is -2.03. The molecule has 0 radical (unpaired) electrons. The molecule has 0 heterocycles. The third-order valence-electron chi connectivity index (χ3n) is 2.48. The van der Waals surface area contributed by atoms with E-state index >= 15 is 0 Å². The quantitative estimate of drug-likeness (QED) is 0.780. The highest BCUT2D eigenvalue weighted by molar-refractivity contribution is 6.09. The van der Waals surface area contributed by atoms with E-state index in [-0.39, 0.29) is 5.56 Å². The molecule has 4 heteroatoms. The number of hydrogen-bond acceptors (Lipinski definition) is 2. The van der Waals surface area contributed by atoms with Crippen LogP contribution in [0, 0.1) is 11.6 Å². The number of rotatable bonds is 3. The van der Waals surface area contributed by atoms with Crippen LogP contribution in [0.2, 0.25) is 0 Å². The fourth-order valence-electron chi connectivity index (χ4n) is 1.59. The maximum absolute atomic E-state index is 13.0. The Morgan fingerprint density at radius 3 is 2.00 bits per heavy atom. The number of benzene rings is 2. The zero-order valence-corrected chi connectivity index (χ0v) is 9.61. The highest BCUT2D eigenvalue weighted by Gasteiger charge is 2.11. The molecule has 0 N–H and O–H groups in total. The van der Waals surface area contributed by atoms with Gasteiger partial charge in [0.2, 0.25) is 0 Å². The SMILES string of the molecule is COc1ccc(C(=O)c2cc(F)cc(F)c2)cc1. The summed E-state index contributed by atoms with van der Waals surface area (Å²) in [5, 5.41) is 0. The van der Waals surface area contributed by atoms with Gasteiger partial charge < -0.3 is 4.74 Å². The normalized spacial score (nSPS) is 10.2. The number of methoxy groups -OCH3 is 1. The molecule has 18 heavy (non-hydrogen) atoms. The third kappa shape index (κ3) is 2.53. The summed E-state index contributed by atoms with van der Waals surface area (Å²) in [6.07, 6.45) is 0. The van der Waals surface area contributed by atoms with Crippen LogP contribution in [0.4, 0.5) is 8.78 Å². The lowest BCUT2D eigenvalue weighted by molar-refractivity contribution is 0.103. The molecular weight excluding hydrogens is 238 g/mol. The zero-order valence-electron chi connectivity index (χ0n) is 9.61. The fourth-order valence-corrected chi connectivity index (χ4v) is 1.59. The van der Waals surface area contributed by atoms with Crippen LogP contribution in [0.1, 0.15) is 15.9 Å². The first-order chi connectivity index (χ1) is 8.60. The second-order valence-electron chi connectivity index (χ2n) is 3.72. The van der Waals surface area contributed by atoms with Crippen LogP contribution in [0.5, 0.6) is 5.75 Å². The van der Waals surface area contributed by atoms with Crippen molar-refractivity contribution < 1.29 is 18.3 Å². The van der Waals surface area contributed by atoms with E-state index in [2.05, 4.69) is 0 Å². The number of hydrogen-bond donors (Lipinski definition) is 0. The monoisotopic (exact) mass is 248 g/mol. The molecule has 0 atom stereocenters. The molecule has 0 spiro atoms. The molecule has 0 saturated carbocycles. The van der Waals surface area contributed by atoms with Gasteiger partial charge in [-0.3, -0.25) is 4.79 Å². The predicted molar refractivity (Wildman–Crippen MR) is 62.8 cm³/mol. The summed E-state index contributed by atoms with van der Waals surface area (Å²) < 4.78 is 31.0. The summed E-state index contributed by atoms with van der Waals surface area (Å²) in [6.45, 7) is 0. The van der Waals surface area contributed by atoms with E-state index in [4.69, 9.17) is 4.74 Å². The summed E-state index contributed by atoms with van der Waals surface area (Å²) in [5.74, 6) is -1.37. The minimum atomic E-state index is -0.771. The van der Waals surface area contributed by atoms with Crippen LogP contribution in [-0.4, -0.2) is 12.9 Å². The molecule has 0 aliphatic rings. The Balaban J connectivity index is 2.34. The lowest BCUT2D eigenvalue weighted by Crippen LogP contribution is -2.02. The van der Waals surface area contributed by atoms with Crippen LogP contribution in [0.15, 0.2) is 42.5 Å². The van der Waals surface area contributed by atoms with Gasteiger partial charge in [-0.15, -0.1) is 0 Å². The van der Waals surface area contributed by atoms with Crippen LogP contribution in [-0.2, 0) is 0 Å². The molecule has 0 saturated heterocycles. The average Bonchev–Trinajstić information content (AvgIpc) is 2.37. The van der Waals surface area contributed by atoms with Gasteiger partial charge in [-0.1, -0.05) is 0 Å². The number of ether oxygens (including phenoxy) is 1. The molecule has 0 unspecified atom stereocenters. The Hall–Kier alpha value is -2.23. The van der Waals surface area contributed by atoms with Crippen molar-refractivity contribution in [3.63, 3.8) is 0 Å². The first-order valence-corrected chi connectivity index (χ1v) is 5.25. The van der Waals surface area contributed by atoms with E-state index in [0.717, 1.165) is 18.2 Å². The van der Waals surface area contributed by atoms with E-state index in [1.165, 1.54) is 7.11 Å². The van der Waals surface area contributed by atoms with E-state index in [1.807, 2.05) is 0 Å². The van der Waals surface area contributed by atoms with Crippen molar-refractivity contribution in [3.05, 3.63) is 65.2 Å². The minimum Gasteiger partial charge on any atom is -0.497 e. The topological polar surface area (TPSA) is 26.3 Å². The van der Waals surface area contributed by atoms with Crippen molar-refractivity contribution in [2.75, 3.05) is 7.11 Å². The Morgan fingerprint density at radius 2 is 1.50 bits per heavy atom. The summed E-state index contributed by atoms with van der Waals surface area (Å²) in [5.41, 5.74) is 0.332. The van der Waals surface area contributed by atoms with Crippen LogP contribution < -0.4 is 4.74 Å². The first-order valence-electron chi connectivity index (χ1n) is 5.25. The summed E-state index contributed by atoms with van der Waals surface area (Å²) in [4.78, 5) is 12.0. The zero-order chi connectivity index (χ0) is 13.1. The van der Waals surface area contributed by atoms with E-state index in [1.54, 1.807) is 24.3 Å². The van der Waals surface area contributed by atoms with Gasteiger partial charge in [-0.2, -0.15) is 0 Å². The maximum atomic E-state index is 13.0. The molecule has 2 aromatic rings. The molecule has 2 nitrogen and oxygen atoms in total. The second-order valence-corrected chi connectivity index (χ2v) is 3.72. The molecule has 0 amide bonds. The molecule has 0 aliphatic carbocycles. The number of carbonyl (C=O) groups is 1. The van der Waals surface area contributed by atoms with Gasteiger partial charge in [0, 0.05) is 17.2 Å². The Labute approximate surface area is 103 Å². The molecule has 0 aromatic heterocycles. The molecule has 0 bridgehead atoms. The number of halogens is 2. The van der Waals surface area contributed by atoms with Gasteiger partial charge in [-0.05, 0) is 36.4 Å². The van der Waals surface area contributed by atoms with Crippen molar-refractivity contribution in [2.45, 2.75) is 0 Å². The molecular formula is C14H10F2O2. The maximum Gasteiger partial charge on any atom is 0.193 e. The Kier molecular flexibility index (Phi) is 3.37. The van der Waals surface area contributed by atoms with Crippen LogP contribution >= 0.6 is 0 Å². The van der Waals surface area contributed by atoms with Gasteiger partial charge in [0.1, 0.15) is 17.4 Å². The molecule has 0 fully saturated rings. The van der Waals surface area contributed by atoms with Crippen molar-refractivity contribution in [2.24, 2.45) is 0 Å². The van der Waals surface area contributed by atoms with Gasteiger partial charge in [0.15, 0.2) is 5.78 Å². The third-order valence-corrected chi connectivity index (χ3v) is 2.48. The first kappa shape index (κ1) is 12.2. The highest BCUT2D eigenvalue weighted by atomic mass is 19.1. The van der Waals surface area contributed by atoms with Gasteiger partial charge in [0.25, 0.3) is 0 Å². The summed E-state index contributed by atoms with van der Waals surface area (Å²) >= 11 is 0. The molecule has 2 aromatic carbocycles. The largest absolute Gasteiger partial charge is 0.497 e. The smallest absolute Gasteiger partial charge is 0.193 e. The Morgan fingerprint density at radius 1 is 0.944 bits per heavy atom. The number of ketones is 1. The summed E-state index contributed by atoms with van der Waals surface area (Å²) in [6, 6.07) is 9.07. The van der Waals surface area contributed by atoms with Gasteiger partial charge in [-0.25, -0.2) is 8.78 Å². The standard InChI is InChI=1S/C14H10F2O2/c1-18-13-4-2-9(3-5-13)14(17)10-6-11(15)8-12(16)7-10/h2-8H,1H3. The van der Waals surface area contributed by atoms with E-state index in [0.29, 0.717) is 11.3 Å². The summed E-state index contributed by atoms with van der Waals surface area (Å²) in [7, 11) is 1.51. The molecule has 92 valence electrons. The van der Waals surface area contributed by atoms with Crippen LogP contribution in [0.3, 0.4) is 0 Å². The Bertz CT molecular complexity index is 557. The van der Waals surface area contributed by atoms with Gasteiger partial charge >= 0.3 is 0 Å². The molecule has 0 aliphatic heterocycles. The highest BCUT2D eigenvalue weighted by Crippen LogP contribution is 2.16. The van der Waals surface area contributed by atoms with Crippen molar-refractivity contribution in [3.8, 4) is 5.75 Å². The van der Waals surface area contributed by atoms with Gasteiger partial charge in [0.05, 0.1) is 7.11 Å². The predicted octanol–water partition coefficient (Wildman–Crippen LogP) is 3.20. The second kappa shape index (κ2) is 4.96. The van der Waals surface area contributed by atoms with Crippen molar-refractivity contribution >= 4 is 5.78 Å². The van der Waals surface area contributed by atoms with Crippen molar-refractivity contribution in [1.82, 2.24) is 0 Å². The minimum absolute atomic E-state index is 0.0160. The molecule has 2 rings (SSSR count). The lowest BCUT2D eigenvalue weighted by atomic mass is 10.0. The number of carbonyl (C=O) groups excluding carboxylic acids is 1. The van der Waals surface area contributed by atoms with Crippen LogP contribution in [0.25, 0.3) is 0 Å². The van der Waals surface area contributed by atoms with E-state index < -0.39 is 17.4 Å². The fraction of sp³-hybridized carbons (Fsp3) is 0.0714. The van der Waals surface area contributed by atoms with Crippen molar-refractivity contribution in [1.29, 1.82) is 0 Å².